The van der Waals surface area contributed by atoms with Crippen molar-refractivity contribution in [3.8, 4) is 0 Å². The van der Waals surface area contributed by atoms with Crippen molar-refractivity contribution in [1.29, 1.82) is 0 Å². The zero-order valence-electron chi connectivity index (χ0n) is 11.1. The molecule has 1 aliphatic carbocycles. The predicted octanol–water partition coefficient (Wildman–Crippen LogP) is -0.439. The summed E-state index contributed by atoms with van der Waals surface area (Å²) in [6.07, 6.45) is 3.35. The van der Waals surface area contributed by atoms with E-state index in [0.717, 1.165) is 12.8 Å². The number of primary amides is 1. The van der Waals surface area contributed by atoms with Crippen molar-refractivity contribution in [2.24, 2.45) is 24.4 Å². The van der Waals surface area contributed by atoms with E-state index in [1.54, 1.807) is 7.05 Å². The number of rotatable bonds is 6. The van der Waals surface area contributed by atoms with E-state index in [1.807, 2.05) is 0 Å². The molecule has 1 aromatic rings. The molecule has 114 valence electrons. The predicted molar refractivity (Wildman–Crippen MR) is 77.1 cm³/mol. The van der Waals surface area contributed by atoms with E-state index < -0.39 is 15.9 Å². The number of sulfonamides is 1. The van der Waals surface area contributed by atoms with E-state index in [4.69, 9.17) is 11.5 Å². The molecule has 1 saturated carbocycles. The van der Waals surface area contributed by atoms with Gasteiger partial charge in [-0.2, -0.15) is 0 Å². The maximum absolute atomic E-state index is 12.2. The van der Waals surface area contributed by atoms with Gasteiger partial charge >= 0.3 is 0 Å². The van der Waals surface area contributed by atoms with Crippen LogP contribution in [0.5, 0.6) is 0 Å². The quantitative estimate of drug-likeness (QED) is 0.657. The van der Waals surface area contributed by atoms with Crippen molar-refractivity contribution < 1.29 is 13.2 Å². The first-order valence-corrected chi connectivity index (χ1v) is 7.52. The molecule has 1 amide bonds. The first kappa shape index (κ1) is 17.0. The monoisotopic (exact) mass is 322 g/mol. The highest BCUT2D eigenvalue weighted by atomic mass is 35.5. The number of amides is 1. The van der Waals surface area contributed by atoms with E-state index in [1.165, 1.54) is 16.8 Å². The second-order valence-corrected chi connectivity index (χ2v) is 6.55. The molecule has 1 atom stereocenters. The topological polar surface area (TPSA) is 120 Å². The Labute approximate surface area is 124 Å². The van der Waals surface area contributed by atoms with Crippen LogP contribution in [0, 0.1) is 5.92 Å². The normalized spacial score (nSPS) is 16.5. The Morgan fingerprint density at radius 1 is 1.55 bits per heavy atom. The smallest absolute Gasteiger partial charge is 0.265 e. The highest BCUT2D eigenvalue weighted by molar-refractivity contribution is 7.89. The lowest BCUT2D eigenvalue weighted by Gasteiger charge is -2.15. The summed E-state index contributed by atoms with van der Waals surface area (Å²) in [6.45, 7) is 0.263. The fourth-order valence-corrected chi connectivity index (χ4v) is 3.42. The summed E-state index contributed by atoms with van der Waals surface area (Å²) in [4.78, 5) is 11.2. The molecular weight excluding hydrogens is 304 g/mol. The molecule has 5 N–H and O–H groups in total. The second-order valence-electron chi connectivity index (χ2n) is 4.84. The summed E-state index contributed by atoms with van der Waals surface area (Å²) < 4.78 is 28.4. The summed E-state index contributed by atoms with van der Waals surface area (Å²) in [7, 11) is -2.10. The molecule has 1 aromatic heterocycles. The number of nitrogens with zero attached hydrogens (tertiary/aromatic N) is 1. The van der Waals surface area contributed by atoms with Crippen LogP contribution in [-0.4, -0.2) is 31.5 Å². The van der Waals surface area contributed by atoms with Crippen LogP contribution >= 0.6 is 12.4 Å². The highest BCUT2D eigenvalue weighted by Gasteiger charge is 2.33. The van der Waals surface area contributed by atoms with E-state index >= 15 is 0 Å². The SMILES string of the molecule is Cl.Cn1cc(S(=O)(=O)NC(CN)C2CC2)cc1C(N)=O. The Morgan fingerprint density at radius 3 is 2.55 bits per heavy atom. The maximum atomic E-state index is 12.2. The Hall–Kier alpha value is -1.09. The average Bonchev–Trinajstić information content (AvgIpc) is 3.08. The molecule has 20 heavy (non-hydrogen) atoms. The molecule has 0 aliphatic heterocycles. The van der Waals surface area contributed by atoms with Crippen molar-refractivity contribution >= 4 is 28.3 Å². The lowest BCUT2D eigenvalue weighted by molar-refractivity contribution is 0.0992. The van der Waals surface area contributed by atoms with Gasteiger partial charge in [-0.25, -0.2) is 13.1 Å². The fraction of sp³-hybridized carbons (Fsp3) is 0.545. The Kier molecular flexibility index (Phi) is 5.20. The van der Waals surface area contributed by atoms with E-state index in [-0.39, 0.29) is 35.6 Å². The standard InChI is InChI=1S/C11H18N4O3S.ClH/c1-15-6-8(4-10(15)11(13)16)19(17,18)14-9(5-12)7-2-3-7;/h4,6-7,9,14H,2-3,5,12H2,1H3,(H2,13,16);1H. The van der Waals surface area contributed by atoms with Crippen LogP contribution in [0.15, 0.2) is 17.2 Å². The van der Waals surface area contributed by atoms with Gasteiger partial charge in [0, 0.05) is 25.8 Å². The molecular formula is C11H19ClN4O3S. The number of nitrogens with two attached hydrogens (primary N) is 2. The van der Waals surface area contributed by atoms with Crippen molar-refractivity contribution in [2.45, 2.75) is 23.8 Å². The van der Waals surface area contributed by atoms with Crippen LogP contribution in [0.1, 0.15) is 23.3 Å². The lowest BCUT2D eigenvalue weighted by Crippen LogP contribution is -2.41. The van der Waals surface area contributed by atoms with E-state index in [9.17, 15) is 13.2 Å². The molecule has 0 spiro atoms. The molecule has 0 saturated heterocycles. The maximum Gasteiger partial charge on any atom is 0.265 e. The van der Waals surface area contributed by atoms with Crippen LogP contribution in [-0.2, 0) is 17.1 Å². The Balaban J connectivity index is 0.00000200. The van der Waals surface area contributed by atoms with Gasteiger partial charge in [0.25, 0.3) is 5.91 Å². The van der Waals surface area contributed by atoms with Gasteiger partial charge in [-0.15, -0.1) is 12.4 Å². The third-order valence-electron chi connectivity index (χ3n) is 3.29. The molecule has 0 aromatic carbocycles. The van der Waals surface area contributed by atoms with Crippen molar-refractivity contribution in [1.82, 2.24) is 9.29 Å². The third-order valence-corrected chi connectivity index (χ3v) is 4.75. The van der Waals surface area contributed by atoms with Crippen LogP contribution in [0.3, 0.4) is 0 Å². The van der Waals surface area contributed by atoms with E-state index in [2.05, 4.69) is 4.72 Å². The highest BCUT2D eigenvalue weighted by Crippen LogP contribution is 2.32. The largest absolute Gasteiger partial charge is 0.364 e. The van der Waals surface area contributed by atoms with Crippen molar-refractivity contribution in [3.63, 3.8) is 0 Å². The number of halogens is 1. The van der Waals surface area contributed by atoms with Crippen molar-refractivity contribution in [2.75, 3.05) is 6.54 Å². The molecule has 9 heteroatoms. The van der Waals surface area contributed by atoms with Crippen LogP contribution in [0.2, 0.25) is 0 Å². The third kappa shape index (κ3) is 3.51. The van der Waals surface area contributed by atoms with Crippen LogP contribution in [0.4, 0.5) is 0 Å². The minimum Gasteiger partial charge on any atom is -0.364 e. The van der Waals surface area contributed by atoms with Gasteiger partial charge in [0.15, 0.2) is 0 Å². The summed E-state index contributed by atoms with van der Waals surface area (Å²) in [5, 5.41) is 0. The summed E-state index contributed by atoms with van der Waals surface area (Å²) in [6, 6.07) is 1.02. The number of hydrogen-bond donors (Lipinski definition) is 3. The van der Waals surface area contributed by atoms with E-state index in [0.29, 0.717) is 5.92 Å². The summed E-state index contributed by atoms with van der Waals surface area (Å²) in [5.41, 5.74) is 10.9. The van der Waals surface area contributed by atoms with Crippen molar-refractivity contribution in [3.05, 3.63) is 18.0 Å². The van der Waals surface area contributed by atoms with Gasteiger partial charge in [0.2, 0.25) is 10.0 Å². The fourth-order valence-electron chi connectivity index (χ4n) is 2.03. The molecule has 1 fully saturated rings. The van der Waals surface area contributed by atoms with Gasteiger partial charge in [0.05, 0.1) is 0 Å². The molecule has 0 bridgehead atoms. The summed E-state index contributed by atoms with van der Waals surface area (Å²) in [5.74, 6) is -0.347. The van der Waals surface area contributed by atoms with Crippen LogP contribution in [0.25, 0.3) is 0 Å². The first-order valence-electron chi connectivity index (χ1n) is 6.03. The number of aryl methyl sites for hydroxylation is 1. The van der Waals surface area contributed by atoms with Gasteiger partial charge in [-0.3, -0.25) is 4.79 Å². The van der Waals surface area contributed by atoms with Crippen LogP contribution < -0.4 is 16.2 Å². The minimum atomic E-state index is -3.67. The Morgan fingerprint density at radius 2 is 2.15 bits per heavy atom. The molecule has 0 radical (unpaired) electrons. The first-order chi connectivity index (χ1) is 8.85. The minimum absolute atomic E-state index is 0. The molecule has 2 rings (SSSR count). The lowest BCUT2D eigenvalue weighted by atomic mass is 10.2. The van der Waals surface area contributed by atoms with Gasteiger partial charge in [0.1, 0.15) is 10.6 Å². The summed E-state index contributed by atoms with van der Waals surface area (Å²) >= 11 is 0. The molecule has 1 aliphatic rings. The average molecular weight is 323 g/mol. The molecule has 1 heterocycles. The van der Waals surface area contributed by atoms with Gasteiger partial charge < -0.3 is 16.0 Å². The zero-order valence-corrected chi connectivity index (χ0v) is 12.7. The zero-order chi connectivity index (χ0) is 14.2. The van der Waals surface area contributed by atoms with Gasteiger partial charge in [-0.1, -0.05) is 0 Å². The Bertz CT molecular complexity index is 595. The second kappa shape index (κ2) is 6.13. The number of carbonyl (C=O) groups is 1. The number of aromatic nitrogens is 1. The molecule has 1 unspecified atom stereocenters. The number of nitrogens with one attached hydrogen (secondary N) is 1. The number of hydrogen-bond acceptors (Lipinski definition) is 4. The van der Waals surface area contributed by atoms with Gasteiger partial charge in [-0.05, 0) is 24.8 Å². The molecule has 7 nitrogen and oxygen atoms in total. The number of carbonyl (C=O) groups excluding carboxylic acids is 1.